The standard InChI is InChI=1S/C14H10BrCl2F/c1-8-6-11(12(17)7-13(8)18)14(15)9-2-4-10(16)5-3-9/h2-7,14H,1H3. The Morgan fingerprint density at radius 2 is 1.72 bits per heavy atom. The van der Waals surface area contributed by atoms with E-state index in [-0.39, 0.29) is 10.6 Å². The molecular formula is C14H10BrCl2F. The molecule has 0 aliphatic rings. The van der Waals surface area contributed by atoms with E-state index in [1.165, 1.54) is 6.07 Å². The number of alkyl halides is 1. The van der Waals surface area contributed by atoms with Gasteiger partial charge in [-0.25, -0.2) is 4.39 Å². The van der Waals surface area contributed by atoms with Crippen LogP contribution in [0.5, 0.6) is 0 Å². The lowest BCUT2D eigenvalue weighted by Crippen LogP contribution is -1.96. The van der Waals surface area contributed by atoms with Gasteiger partial charge in [0.1, 0.15) is 5.82 Å². The van der Waals surface area contributed by atoms with E-state index in [1.54, 1.807) is 13.0 Å². The minimum absolute atomic E-state index is 0.0819. The van der Waals surface area contributed by atoms with Crippen LogP contribution in [0.15, 0.2) is 36.4 Å². The Morgan fingerprint density at radius 3 is 2.33 bits per heavy atom. The SMILES string of the molecule is Cc1cc(C(Br)c2ccc(Cl)cc2)c(Cl)cc1F. The van der Waals surface area contributed by atoms with E-state index in [9.17, 15) is 4.39 Å². The molecule has 0 bridgehead atoms. The van der Waals surface area contributed by atoms with Crippen LogP contribution in [0.25, 0.3) is 0 Å². The zero-order valence-corrected chi connectivity index (χ0v) is 12.7. The van der Waals surface area contributed by atoms with E-state index >= 15 is 0 Å². The van der Waals surface area contributed by atoms with Gasteiger partial charge < -0.3 is 0 Å². The van der Waals surface area contributed by atoms with Gasteiger partial charge in [-0.1, -0.05) is 57.3 Å². The lowest BCUT2D eigenvalue weighted by Gasteiger charge is -2.14. The molecule has 1 unspecified atom stereocenters. The monoisotopic (exact) mass is 346 g/mol. The summed E-state index contributed by atoms with van der Waals surface area (Å²) in [6, 6.07) is 10.6. The highest BCUT2D eigenvalue weighted by Gasteiger charge is 2.15. The Morgan fingerprint density at radius 1 is 1.11 bits per heavy atom. The van der Waals surface area contributed by atoms with Crippen molar-refractivity contribution < 1.29 is 4.39 Å². The molecule has 0 heterocycles. The van der Waals surface area contributed by atoms with Gasteiger partial charge in [0.25, 0.3) is 0 Å². The maximum Gasteiger partial charge on any atom is 0.127 e. The van der Waals surface area contributed by atoms with Crippen molar-refractivity contribution in [2.75, 3.05) is 0 Å². The van der Waals surface area contributed by atoms with E-state index in [1.807, 2.05) is 24.3 Å². The Hall–Kier alpha value is -0.570. The normalized spacial score (nSPS) is 12.5. The predicted octanol–water partition coefficient (Wildman–Crippen LogP) is 5.93. The first-order chi connectivity index (χ1) is 8.49. The minimum atomic E-state index is -0.292. The van der Waals surface area contributed by atoms with Gasteiger partial charge in [-0.05, 0) is 41.8 Å². The van der Waals surface area contributed by atoms with Crippen LogP contribution in [0.4, 0.5) is 4.39 Å². The smallest absolute Gasteiger partial charge is 0.127 e. The summed E-state index contributed by atoms with van der Waals surface area (Å²) in [4.78, 5) is -0.0819. The molecular weight excluding hydrogens is 338 g/mol. The Kier molecular flexibility index (Phi) is 4.31. The zero-order valence-electron chi connectivity index (χ0n) is 9.55. The average Bonchev–Trinajstić information content (AvgIpc) is 2.34. The minimum Gasteiger partial charge on any atom is -0.207 e. The van der Waals surface area contributed by atoms with E-state index in [2.05, 4.69) is 15.9 Å². The van der Waals surface area contributed by atoms with Gasteiger partial charge in [-0.2, -0.15) is 0 Å². The van der Waals surface area contributed by atoms with Crippen LogP contribution >= 0.6 is 39.1 Å². The van der Waals surface area contributed by atoms with Crippen LogP contribution in [-0.2, 0) is 0 Å². The average molecular weight is 348 g/mol. The fourth-order valence-electron chi connectivity index (χ4n) is 1.69. The van der Waals surface area contributed by atoms with Crippen molar-refractivity contribution in [2.24, 2.45) is 0 Å². The van der Waals surface area contributed by atoms with E-state index in [0.717, 1.165) is 11.1 Å². The van der Waals surface area contributed by atoms with Crippen LogP contribution in [0.3, 0.4) is 0 Å². The number of hydrogen-bond donors (Lipinski definition) is 0. The molecule has 94 valence electrons. The third-order valence-corrected chi connectivity index (χ3v) is 4.31. The number of hydrogen-bond acceptors (Lipinski definition) is 0. The Bertz CT molecular complexity index is 567. The first-order valence-electron chi connectivity index (χ1n) is 5.34. The zero-order chi connectivity index (χ0) is 13.3. The highest BCUT2D eigenvalue weighted by molar-refractivity contribution is 9.09. The third-order valence-electron chi connectivity index (χ3n) is 2.71. The first-order valence-corrected chi connectivity index (χ1v) is 7.01. The maximum absolute atomic E-state index is 13.4. The van der Waals surface area contributed by atoms with Crippen molar-refractivity contribution in [1.29, 1.82) is 0 Å². The summed E-state index contributed by atoms with van der Waals surface area (Å²) in [7, 11) is 0. The summed E-state index contributed by atoms with van der Waals surface area (Å²) in [6.45, 7) is 1.72. The lowest BCUT2D eigenvalue weighted by molar-refractivity contribution is 0.618. The molecule has 0 fully saturated rings. The van der Waals surface area contributed by atoms with Gasteiger partial charge in [-0.15, -0.1) is 0 Å². The molecule has 0 N–H and O–H groups in total. The number of benzene rings is 2. The van der Waals surface area contributed by atoms with Crippen molar-refractivity contribution in [1.82, 2.24) is 0 Å². The third kappa shape index (κ3) is 2.87. The Labute approximate surface area is 124 Å². The van der Waals surface area contributed by atoms with Gasteiger partial charge in [-0.3, -0.25) is 0 Å². The highest BCUT2D eigenvalue weighted by Crippen LogP contribution is 2.36. The van der Waals surface area contributed by atoms with Crippen molar-refractivity contribution in [2.45, 2.75) is 11.8 Å². The Balaban J connectivity index is 2.42. The molecule has 0 nitrogen and oxygen atoms in total. The molecule has 0 aromatic heterocycles. The molecule has 2 aromatic carbocycles. The molecule has 0 spiro atoms. The second kappa shape index (κ2) is 5.60. The molecule has 0 saturated heterocycles. The van der Waals surface area contributed by atoms with Crippen LogP contribution in [0.2, 0.25) is 10.0 Å². The molecule has 4 heteroatoms. The molecule has 2 rings (SSSR count). The fraction of sp³-hybridized carbons (Fsp3) is 0.143. The number of halogens is 4. The molecule has 2 aromatic rings. The summed E-state index contributed by atoms with van der Waals surface area (Å²) in [5.74, 6) is -0.292. The van der Waals surface area contributed by atoms with Crippen molar-refractivity contribution in [3.05, 3.63) is 69.0 Å². The lowest BCUT2D eigenvalue weighted by atomic mass is 10.0. The first kappa shape index (κ1) is 13.9. The second-order valence-corrected chi connectivity index (χ2v) is 5.80. The molecule has 0 aliphatic heterocycles. The molecule has 18 heavy (non-hydrogen) atoms. The summed E-state index contributed by atoms with van der Waals surface area (Å²) in [5.41, 5.74) is 2.44. The maximum atomic E-state index is 13.4. The molecule has 0 saturated carbocycles. The summed E-state index contributed by atoms with van der Waals surface area (Å²) in [5, 5.41) is 1.09. The number of aryl methyl sites for hydroxylation is 1. The molecule has 0 radical (unpaired) electrons. The fourth-order valence-corrected chi connectivity index (χ4v) is 2.89. The van der Waals surface area contributed by atoms with Crippen LogP contribution in [-0.4, -0.2) is 0 Å². The van der Waals surface area contributed by atoms with Gasteiger partial charge in [0, 0.05) is 10.0 Å². The van der Waals surface area contributed by atoms with Gasteiger partial charge in [0.2, 0.25) is 0 Å². The van der Waals surface area contributed by atoms with Crippen LogP contribution in [0, 0.1) is 12.7 Å². The van der Waals surface area contributed by atoms with Gasteiger partial charge in [0.05, 0.1) is 4.83 Å². The van der Waals surface area contributed by atoms with Gasteiger partial charge in [0.15, 0.2) is 0 Å². The quantitative estimate of drug-likeness (QED) is 0.591. The molecule has 1 atom stereocenters. The van der Waals surface area contributed by atoms with Gasteiger partial charge >= 0.3 is 0 Å². The van der Waals surface area contributed by atoms with Crippen molar-refractivity contribution in [3.63, 3.8) is 0 Å². The van der Waals surface area contributed by atoms with E-state index in [4.69, 9.17) is 23.2 Å². The van der Waals surface area contributed by atoms with Crippen molar-refractivity contribution in [3.8, 4) is 0 Å². The molecule has 0 amide bonds. The highest BCUT2D eigenvalue weighted by atomic mass is 79.9. The largest absolute Gasteiger partial charge is 0.207 e. The van der Waals surface area contributed by atoms with Crippen LogP contribution in [0.1, 0.15) is 21.5 Å². The van der Waals surface area contributed by atoms with Crippen LogP contribution < -0.4 is 0 Å². The molecule has 0 aliphatic carbocycles. The number of rotatable bonds is 2. The summed E-state index contributed by atoms with van der Waals surface area (Å²) in [6.07, 6.45) is 0. The van der Waals surface area contributed by atoms with Crippen molar-refractivity contribution >= 4 is 39.1 Å². The summed E-state index contributed by atoms with van der Waals surface area (Å²) < 4.78 is 13.4. The topological polar surface area (TPSA) is 0 Å². The second-order valence-electron chi connectivity index (χ2n) is 4.04. The van der Waals surface area contributed by atoms with E-state index < -0.39 is 0 Å². The van der Waals surface area contributed by atoms with E-state index in [0.29, 0.717) is 15.6 Å². The summed E-state index contributed by atoms with van der Waals surface area (Å²) >= 11 is 15.5. The predicted molar refractivity (Wildman–Crippen MR) is 78.4 cm³/mol.